The first-order valence-corrected chi connectivity index (χ1v) is 3.07. The van der Waals surface area contributed by atoms with Gasteiger partial charge in [-0.05, 0) is 24.3 Å². The van der Waals surface area contributed by atoms with E-state index < -0.39 is 0 Å². The van der Waals surface area contributed by atoms with Crippen LogP contribution in [0.4, 0.5) is 5.69 Å². The molecule has 12 heavy (non-hydrogen) atoms. The molecule has 0 bridgehead atoms. The number of hydrogen-bond acceptors (Lipinski definition) is 3. The van der Waals surface area contributed by atoms with Gasteiger partial charge in [-0.15, -0.1) is 0 Å². The third-order valence-corrected chi connectivity index (χ3v) is 1.31. The van der Waals surface area contributed by atoms with E-state index >= 15 is 0 Å². The van der Waals surface area contributed by atoms with E-state index in [-0.39, 0.29) is 11.3 Å². The van der Waals surface area contributed by atoms with Gasteiger partial charge < -0.3 is 22.2 Å². The first-order chi connectivity index (χ1) is 5.24. The van der Waals surface area contributed by atoms with Crippen LogP contribution in [0.3, 0.4) is 0 Å². The van der Waals surface area contributed by atoms with Crippen molar-refractivity contribution in [1.82, 2.24) is 0 Å². The number of nitrogens with two attached hydrogens (primary N) is 2. The predicted molar refractivity (Wildman–Crippen MR) is 47.0 cm³/mol. The molecule has 0 radical (unpaired) electrons. The summed E-state index contributed by atoms with van der Waals surface area (Å²) in [5.74, 6) is 0.0880. The Morgan fingerprint density at radius 3 is 2.17 bits per heavy atom. The number of anilines is 1. The Bertz CT molecular complexity index is 268. The monoisotopic (exact) mass is 169 g/mol. The summed E-state index contributed by atoms with van der Waals surface area (Å²) in [6, 6.07) is 6.75. The summed E-state index contributed by atoms with van der Waals surface area (Å²) in [4.78, 5) is 0. The molecule has 0 spiro atoms. The second-order valence-corrected chi connectivity index (χ2v) is 2.11. The Balaban J connectivity index is 0.00000121. The highest BCUT2D eigenvalue weighted by molar-refractivity contribution is 5.97. The maximum Gasteiger partial charge on any atom is 0.170 e. The molecule has 66 valence electrons. The van der Waals surface area contributed by atoms with Gasteiger partial charge in [-0.3, -0.25) is 0 Å². The number of nitrogens with zero attached hydrogens (tertiary/aromatic N) is 1. The second-order valence-electron chi connectivity index (χ2n) is 2.11. The topological polar surface area (TPSA) is 116 Å². The largest absolute Gasteiger partial charge is 0.412 e. The lowest BCUT2D eigenvalue weighted by Gasteiger charge is -1.97. The molecule has 0 saturated heterocycles. The molecule has 0 atom stereocenters. The van der Waals surface area contributed by atoms with Crippen molar-refractivity contribution in [1.29, 1.82) is 0 Å². The van der Waals surface area contributed by atoms with E-state index in [2.05, 4.69) is 5.16 Å². The van der Waals surface area contributed by atoms with Crippen molar-refractivity contribution in [3.05, 3.63) is 29.8 Å². The van der Waals surface area contributed by atoms with Crippen LogP contribution in [-0.2, 0) is 0 Å². The smallest absolute Gasteiger partial charge is 0.170 e. The molecule has 0 amide bonds. The molecule has 1 rings (SSSR count). The zero-order chi connectivity index (χ0) is 8.27. The summed E-state index contributed by atoms with van der Waals surface area (Å²) in [6.07, 6.45) is 0. The lowest BCUT2D eigenvalue weighted by Crippen LogP contribution is -2.12. The van der Waals surface area contributed by atoms with Gasteiger partial charge in [0.1, 0.15) is 0 Å². The fraction of sp³-hybridized carbons (Fsp3) is 0. The van der Waals surface area contributed by atoms with Gasteiger partial charge in [-0.25, -0.2) is 0 Å². The van der Waals surface area contributed by atoms with Crippen LogP contribution in [0.1, 0.15) is 5.56 Å². The molecule has 7 N–H and O–H groups in total. The number of nitrogen functional groups attached to an aromatic ring is 1. The van der Waals surface area contributed by atoms with E-state index in [9.17, 15) is 0 Å². The number of amidine groups is 1. The second kappa shape index (κ2) is 4.20. The minimum atomic E-state index is 0. The van der Waals surface area contributed by atoms with Crippen molar-refractivity contribution in [2.45, 2.75) is 0 Å². The van der Waals surface area contributed by atoms with Crippen LogP contribution in [0, 0.1) is 0 Å². The van der Waals surface area contributed by atoms with Crippen LogP contribution in [0.5, 0.6) is 0 Å². The zero-order valence-electron chi connectivity index (χ0n) is 6.36. The van der Waals surface area contributed by atoms with Crippen LogP contribution in [0.2, 0.25) is 0 Å². The molecular formula is C7H11N3O2. The normalized spacial score (nSPS) is 10.5. The van der Waals surface area contributed by atoms with Crippen LogP contribution >= 0.6 is 0 Å². The van der Waals surface area contributed by atoms with Crippen LogP contribution in [0.15, 0.2) is 29.4 Å². The molecule has 0 aliphatic heterocycles. The van der Waals surface area contributed by atoms with E-state index in [4.69, 9.17) is 16.7 Å². The molecule has 1 aromatic carbocycles. The molecule has 0 aromatic heterocycles. The highest BCUT2D eigenvalue weighted by Crippen LogP contribution is 2.04. The van der Waals surface area contributed by atoms with Gasteiger partial charge >= 0.3 is 0 Å². The molecule has 0 aliphatic rings. The maximum atomic E-state index is 8.29. The van der Waals surface area contributed by atoms with E-state index in [0.29, 0.717) is 11.3 Å². The van der Waals surface area contributed by atoms with E-state index in [0.717, 1.165) is 0 Å². The van der Waals surface area contributed by atoms with Crippen molar-refractivity contribution in [3.8, 4) is 0 Å². The summed E-state index contributed by atoms with van der Waals surface area (Å²) in [5, 5.41) is 11.1. The lowest BCUT2D eigenvalue weighted by atomic mass is 10.2. The van der Waals surface area contributed by atoms with Crippen LogP contribution < -0.4 is 11.5 Å². The zero-order valence-corrected chi connectivity index (χ0v) is 6.36. The average Bonchev–Trinajstić information content (AvgIpc) is 2.05. The number of oxime groups is 1. The fourth-order valence-corrected chi connectivity index (χ4v) is 0.712. The van der Waals surface area contributed by atoms with Crippen molar-refractivity contribution in [2.75, 3.05) is 5.73 Å². The molecule has 5 heteroatoms. The highest BCUT2D eigenvalue weighted by Gasteiger charge is 1.95. The van der Waals surface area contributed by atoms with Gasteiger partial charge in [0, 0.05) is 11.3 Å². The number of hydrogen-bond donors (Lipinski definition) is 3. The standard InChI is InChI=1S/C7H9N3O.H2O/c8-6-3-1-5(2-4-6)7(9)10-11;/h1-4,11H,8H2,(H2,9,10);1H2. The van der Waals surface area contributed by atoms with E-state index in [1.165, 1.54) is 0 Å². The van der Waals surface area contributed by atoms with Gasteiger partial charge in [-0.1, -0.05) is 5.16 Å². The molecular weight excluding hydrogens is 158 g/mol. The Labute approximate surface area is 69.6 Å². The fourth-order valence-electron chi connectivity index (χ4n) is 0.712. The van der Waals surface area contributed by atoms with Crippen molar-refractivity contribution < 1.29 is 10.7 Å². The Morgan fingerprint density at radius 1 is 1.25 bits per heavy atom. The van der Waals surface area contributed by atoms with E-state index in [1.807, 2.05) is 0 Å². The molecule has 0 heterocycles. The summed E-state index contributed by atoms with van der Waals surface area (Å²) in [5.41, 5.74) is 12.0. The number of benzene rings is 1. The van der Waals surface area contributed by atoms with Crippen molar-refractivity contribution >= 4 is 11.5 Å². The van der Waals surface area contributed by atoms with Gasteiger partial charge in [0.2, 0.25) is 0 Å². The molecule has 0 fully saturated rings. The van der Waals surface area contributed by atoms with Gasteiger partial charge in [0.05, 0.1) is 0 Å². The molecule has 0 aliphatic carbocycles. The molecule has 0 saturated carbocycles. The quantitative estimate of drug-likeness (QED) is 0.173. The van der Waals surface area contributed by atoms with Crippen molar-refractivity contribution in [3.63, 3.8) is 0 Å². The van der Waals surface area contributed by atoms with E-state index in [1.54, 1.807) is 24.3 Å². The predicted octanol–water partition coefficient (Wildman–Crippen LogP) is -0.461. The molecule has 0 unspecified atom stereocenters. The summed E-state index contributed by atoms with van der Waals surface area (Å²) in [6.45, 7) is 0. The third kappa shape index (κ3) is 2.14. The van der Waals surface area contributed by atoms with Crippen molar-refractivity contribution in [2.24, 2.45) is 10.9 Å². The third-order valence-electron chi connectivity index (χ3n) is 1.31. The Morgan fingerprint density at radius 2 is 1.75 bits per heavy atom. The number of rotatable bonds is 1. The SMILES string of the molecule is NC(=NO)c1ccc(N)cc1.O. The summed E-state index contributed by atoms with van der Waals surface area (Å²) in [7, 11) is 0. The van der Waals surface area contributed by atoms with Crippen LogP contribution in [-0.4, -0.2) is 16.5 Å². The summed E-state index contributed by atoms with van der Waals surface area (Å²) < 4.78 is 0. The first-order valence-electron chi connectivity index (χ1n) is 3.07. The minimum Gasteiger partial charge on any atom is -0.412 e. The maximum absolute atomic E-state index is 8.29. The minimum absolute atomic E-state index is 0. The van der Waals surface area contributed by atoms with Gasteiger partial charge in [-0.2, -0.15) is 0 Å². The molecule has 5 nitrogen and oxygen atoms in total. The average molecular weight is 169 g/mol. The Kier molecular flexibility index (Phi) is 3.58. The van der Waals surface area contributed by atoms with Gasteiger partial charge in [0.15, 0.2) is 5.84 Å². The molecule has 1 aromatic rings. The van der Waals surface area contributed by atoms with Gasteiger partial charge in [0.25, 0.3) is 0 Å². The Hall–Kier alpha value is -1.75. The van der Waals surface area contributed by atoms with Crippen LogP contribution in [0.25, 0.3) is 0 Å². The summed E-state index contributed by atoms with van der Waals surface area (Å²) >= 11 is 0. The lowest BCUT2D eigenvalue weighted by molar-refractivity contribution is 0.318. The highest BCUT2D eigenvalue weighted by atomic mass is 16.4. The first kappa shape index (κ1) is 10.2.